The first-order valence-corrected chi connectivity index (χ1v) is 16.2. The number of carbonyl (C=O) groups excluding carboxylic acids is 2. The second-order valence-corrected chi connectivity index (χ2v) is 12.2. The van der Waals surface area contributed by atoms with E-state index < -0.39 is 29.1 Å². The number of nitro benzene ring substituents is 1. The quantitative estimate of drug-likeness (QED) is 0.102. The molecule has 6 rings (SSSR count). The summed E-state index contributed by atoms with van der Waals surface area (Å²) in [4.78, 5) is 58.1. The van der Waals surface area contributed by atoms with Crippen LogP contribution in [0.25, 0.3) is 11.3 Å². The number of carboxylic acid groups (broad SMARTS) is 1. The standard InChI is InChI=1S/C36H37N5O7/c42-34(39-21-20-38(36(44)45)23-29(39)22-25-10-4-1-5-11-25)32-33(26-12-6-2-7-13-26)40(24-37-32)30-14-8-3-9-15-31(30)48-35(43)27-16-18-28(19-17-27)41(46)47/h1-2,4-7,10-13,16-19,24,29-31H,3,8-9,14-15,20-23H2,(H,44,45)/t29-,30?,31?/m1/s1. The van der Waals surface area contributed by atoms with Crippen molar-refractivity contribution in [3.63, 3.8) is 0 Å². The van der Waals surface area contributed by atoms with Gasteiger partial charge < -0.3 is 24.2 Å². The van der Waals surface area contributed by atoms with E-state index in [-0.39, 0.29) is 48.5 Å². The number of rotatable bonds is 8. The number of amides is 2. The molecular formula is C36H37N5O7. The lowest BCUT2D eigenvalue weighted by molar-refractivity contribution is -0.384. The Labute approximate surface area is 277 Å². The molecule has 1 aromatic heterocycles. The van der Waals surface area contributed by atoms with Crippen molar-refractivity contribution in [3.8, 4) is 11.3 Å². The molecule has 2 fully saturated rings. The van der Waals surface area contributed by atoms with Crippen molar-refractivity contribution >= 4 is 23.7 Å². The molecule has 12 nitrogen and oxygen atoms in total. The minimum atomic E-state index is -1.02. The molecule has 0 spiro atoms. The summed E-state index contributed by atoms with van der Waals surface area (Å²) >= 11 is 0. The largest absolute Gasteiger partial charge is 0.465 e. The Morgan fingerprint density at radius 1 is 0.896 bits per heavy atom. The first-order valence-electron chi connectivity index (χ1n) is 16.2. The molecule has 2 heterocycles. The van der Waals surface area contributed by atoms with Gasteiger partial charge in [0.1, 0.15) is 6.10 Å². The maximum atomic E-state index is 14.5. The number of piperazine rings is 1. The molecule has 3 atom stereocenters. The van der Waals surface area contributed by atoms with Crippen molar-refractivity contribution < 1.29 is 29.2 Å². The van der Waals surface area contributed by atoms with Crippen molar-refractivity contribution in [2.45, 2.75) is 56.7 Å². The van der Waals surface area contributed by atoms with E-state index in [0.29, 0.717) is 25.0 Å². The van der Waals surface area contributed by atoms with E-state index in [2.05, 4.69) is 0 Å². The van der Waals surface area contributed by atoms with Gasteiger partial charge >= 0.3 is 12.1 Å². The van der Waals surface area contributed by atoms with Crippen LogP contribution in [0.2, 0.25) is 0 Å². The van der Waals surface area contributed by atoms with Crippen LogP contribution in [0.5, 0.6) is 0 Å². The van der Waals surface area contributed by atoms with Crippen molar-refractivity contribution in [3.05, 3.63) is 118 Å². The third-order valence-electron chi connectivity index (χ3n) is 9.22. The van der Waals surface area contributed by atoms with Crippen LogP contribution in [-0.2, 0) is 11.2 Å². The van der Waals surface area contributed by atoms with Gasteiger partial charge in [0.25, 0.3) is 11.6 Å². The SMILES string of the molecule is O=C(OC1CCCCCC1n1cnc(C(=O)N2CCN(C(=O)O)C[C@H]2Cc2ccccc2)c1-c1ccccc1)c1ccc([N+](=O)[O-])cc1. The average Bonchev–Trinajstić information content (AvgIpc) is 3.42. The maximum Gasteiger partial charge on any atom is 0.407 e. The first-order chi connectivity index (χ1) is 23.3. The Morgan fingerprint density at radius 3 is 2.27 bits per heavy atom. The molecule has 4 aromatic rings. The molecule has 0 bridgehead atoms. The molecule has 1 N–H and O–H groups in total. The summed E-state index contributed by atoms with van der Waals surface area (Å²) in [5.41, 5.74) is 2.76. The third kappa shape index (κ3) is 7.07. The Morgan fingerprint density at radius 2 is 1.58 bits per heavy atom. The van der Waals surface area contributed by atoms with Crippen molar-refractivity contribution in [2.75, 3.05) is 19.6 Å². The highest BCUT2D eigenvalue weighted by Crippen LogP contribution is 2.36. The minimum absolute atomic E-state index is 0.114. The van der Waals surface area contributed by atoms with Gasteiger partial charge in [-0.25, -0.2) is 14.6 Å². The van der Waals surface area contributed by atoms with Crippen LogP contribution >= 0.6 is 0 Å². The molecule has 0 radical (unpaired) electrons. The second-order valence-electron chi connectivity index (χ2n) is 12.2. The van der Waals surface area contributed by atoms with Gasteiger partial charge in [-0.2, -0.15) is 0 Å². The molecule has 1 saturated carbocycles. The molecular weight excluding hydrogens is 614 g/mol. The lowest BCUT2D eigenvalue weighted by Crippen LogP contribution is -2.57. The van der Waals surface area contributed by atoms with Crippen LogP contribution in [0, 0.1) is 10.1 Å². The van der Waals surface area contributed by atoms with Gasteiger partial charge in [-0.15, -0.1) is 0 Å². The van der Waals surface area contributed by atoms with Gasteiger partial charge in [0.2, 0.25) is 0 Å². The molecule has 2 aliphatic rings. The van der Waals surface area contributed by atoms with E-state index in [1.165, 1.54) is 29.2 Å². The highest BCUT2D eigenvalue weighted by molar-refractivity contribution is 5.98. The van der Waals surface area contributed by atoms with Gasteiger partial charge in [0.05, 0.1) is 34.6 Å². The average molecular weight is 652 g/mol. The number of nitrogens with zero attached hydrogens (tertiary/aromatic N) is 5. The highest BCUT2D eigenvalue weighted by Gasteiger charge is 2.37. The number of nitro groups is 1. The number of hydrogen-bond acceptors (Lipinski definition) is 7. The van der Waals surface area contributed by atoms with E-state index in [4.69, 9.17) is 9.72 Å². The molecule has 2 unspecified atom stereocenters. The van der Waals surface area contributed by atoms with Crippen LogP contribution in [-0.4, -0.2) is 79.1 Å². The Bertz CT molecular complexity index is 1760. The monoisotopic (exact) mass is 651 g/mol. The third-order valence-corrected chi connectivity index (χ3v) is 9.22. The van der Waals surface area contributed by atoms with Crippen LogP contribution < -0.4 is 0 Å². The van der Waals surface area contributed by atoms with Crippen molar-refractivity contribution in [1.82, 2.24) is 19.4 Å². The highest BCUT2D eigenvalue weighted by atomic mass is 16.6. The zero-order valence-corrected chi connectivity index (χ0v) is 26.4. The lowest BCUT2D eigenvalue weighted by Gasteiger charge is -2.40. The van der Waals surface area contributed by atoms with Gasteiger partial charge in [-0.1, -0.05) is 73.5 Å². The normalized spacial score (nSPS) is 19.7. The molecule has 3 aromatic carbocycles. The number of non-ortho nitro benzene ring substituents is 1. The van der Waals surface area contributed by atoms with E-state index in [0.717, 1.165) is 30.4 Å². The number of ether oxygens (including phenoxy) is 1. The zero-order chi connectivity index (χ0) is 33.6. The predicted molar refractivity (Wildman–Crippen MR) is 177 cm³/mol. The summed E-state index contributed by atoms with van der Waals surface area (Å²) in [6.45, 7) is 0.598. The summed E-state index contributed by atoms with van der Waals surface area (Å²) < 4.78 is 8.07. The fourth-order valence-electron chi connectivity index (χ4n) is 6.78. The molecule has 12 heteroatoms. The number of esters is 1. The number of aromatic nitrogens is 2. The summed E-state index contributed by atoms with van der Waals surface area (Å²) in [6, 6.07) is 23.9. The molecule has 1 saturated heterocycles. The fourth-order valence-corrected chi connectivity index (χ4v) is 6.78. The molecule has 1 aliphatic carbocycles. The summed E-state index contributed by atoms with van der Waals surface area (Å²) in [5.74, 6) is -0.855. The summed E-state index contributed by atoms with van der Waals surface area (Å²) in [5, 5.41) is 20.9. The second kappa shape index (κ2) is 14.5. The maximum absolute atomic E-state index is 14.5. The van der Waals surface area contributed by atoms with Gasteiger partial charge in [0, 0.05) is 37.3 Å². The fraction of sp³-hybridized carbons (Fsp3) is 0.333. The van der Waals surface area contributed by atoms with Crippen molar-refractivity contribution in [1.29, 1.82) is 0 Å². The number of carbonyl (C=O) groups is 3. The van der Waals surface area contributed by atoms with Gasteiger partial charge in [0.15, 0.2) is 5.69 Å². The topological polar surface area (TPSA) is 148 Å². The predicted octanol–water partition coefficient (Wildman–Crippen LogP) is 6.24. The molecule has 48 heavy (non-hydrogen) atoms. The summed E-state index contributed by atoms with van der Waals surface area (Å²) in [7, 11) is 0. The number of imidazole rings is 1. The summed E-state index contributed by atoms with van der Waals surface area (Å²) in [6.07, 6.45) is 4.59. The Hall–Kier alpha value is -5.52. The van der Waals surface area contributed by atoms with E-state index in [9.17, 15) is 29.6 Å². The molecule has 248 valence electrons. The van der Waals surface area contributed by atoms with Gasteiger partial charge in [-0.3, -0.25) is 14.9 Å². The van der Waals surface area contributed by atoms with Crippen LogP contribution in [0.4, 0.5) is 10.5 Å². The number of hydrogen-bond donors (Lipinski definition) is 1. The van der Waals surface area contributed by atoms with E-state index >= 15 is 0 Å². The minimum Gasteiger partial charge on any atom is -0.465 e. The lowest BCUT2D eigenvalue weighted by atomic mass is 10.00. The van der Waals surface area contributed by atoms with E-state index in [1.54, 1.807) is 11.2 Å². The smallest absolute Gasteiger partial charge is 0.407 e. The van der Waals surface area contributed by atoms with E-state index in [1.807, 2.05) is 65.2 Å². The van der Waals surface area contributed by atoms with Crippen LogP contribution in [0.15, 0.2) is 91.3 Å². The number of benzene rings is 3. The Balaban J connectivity index is 1.34. The molecule has 2 amide bonds. The Kier molecular flexibility index (Phi) is 9.79. The van der Waals surface area contributed by atoms with Crippen LogP contribution in [0.1, 0.15) is 64.6 Å². The van der Waals surface area contributed by atoms with Crippen LogP contribution in [0.3, 0.4) is 0 Å². The first kappa shape index (κ1) is 32.4. The van der Waals surface area contributed by atoms with Gasteiger partial charge in [-0.05, 0) is 43.4 Å². The zero-order valence-electron chi connectivity index (χ0n) is 26.4. The van der Waals surface area contributed by atoms with Crippen molar-refractivity contribution in [2.24, 2.45) is 0 Å². The molecule has 1 aliphatic heterocycles.